The van der Waals surface area contributed by atoms with Gasteiger partial charge in [0.25, 0.3) is 0 Å². The Morgan fingerprint density at radius 1 is 1.40 bits per heavy atom. The van der Waals surface area contributed by atoms with E-state index in [1.165, 1.54) is 5.57 Å². The Bertz CT molecular complexity index is 157. The number of nitriles is 1. The molecular weight excluding hydrogens is 124 g/mol. The van der Waals surface area contributed by atoms with Crippen molar-refractivity contribution in [1.82, 2.24) is 0 Å². The second kappa shape index (κ2) is 5.01. The van der Waals surface area contributed by atoms with Crippen molar-refractivity contribution in [3.05, 3.63) is 11.1 Å². The van der Waals surface area contributed by atoms with Crippen LogP contribution in [0.2, 0.25) is 0 Å². The molecule has 0 unspecified atom stereocenters. The molecule has 0 saturated heterocycles. The molecule has 0 aliphatic heterocycles. The Labute approximate surface area is 62.3 Å². The molecule has 2 N–H and O–H groups in total. The SMILES string of the molecule is CCC(CC)=C(C#N)CN. The van der Waals surface area contributed by atoms with Gasteiger partial charge in [0, 0.05) is 12.1 Å². The van der Waals surface area contributed by atoms with E-state index in [-0.39, 0.29) is 0 Å². The minimum Gasteiger partial charge on any atom is -0.326 e. The maximum absolute atomic E-state index is 8.57. The van der Waals surface area contributed by atoms with E-state index in [1.807, 2.05) is 13.8 Å². The Morgan fingerprint density at radius 2 is 1.90 bits per heavy atom. The van der Waals surface area contributed by atoms with Crippen molar-refractivity contribution in [2.75, 3.05) is 6.54 Å². The normalized spacial score (nSPS) is 8.60. The van der Waals surface area contributed by atoms with E-state index in [4.69, 9.17) is 11.0 Å². The highest BCUT2D eigenvalue weighted by Gasteiger charge is 1.98. The van der Waals surface area contributed by atoms with E-state index in [1.54, 1.807) is 0 Å². The van der Waals surface area contributed by atoms with E-state index in [0.29, 0.717) is 6.54 Å². The summed E-state index contributed by atoms with van der Waals surface area (Å²) in [4.78, 5) is 0. The van der Waals surface area contributed by atoms with Gasteiger partial charge < -0.3 is 5.73 Å². The first kappa shape index (κ1) is 9.19. The van der Waals surface area contributed by atoms with Crippen molar-refractivity contribution < 1.29 is 0 Å². The van der Waals surface area contributed by atoms with Crippen LogP contribution < -0.4 is 5.73 Å². The molecule has 10 heavy (non-hydrogen) atoms. The molecule has 0 aromatic rings. The first-order valence-corrected chi connectivity index (χ1v) is 3.61. The fourth-order valence-corrected chi connectivity index (χ4v) is 0.946. The van der Waals surface area contributed by atoms with Gasteiger partial charge in [-0.05, 0) is 12.8 Å². The fourth-order valence-electron chi connectivity index (χ4n) is 0.946. The van der Waals surface area contributed by atoms with Gasteiger partial charge in [-0.2, -0.15) is 5.26 Å². The largest absolute Gasteiger partial charge is 0.326 e. The highest BCUT2D eigenvalue weighted by molar-refractivity contribution is 5.28. The predicted octanol–water partition coefficient (Wildman–Crippen LogP) is 1.59. The van der Waals surface area contributed by atoms with Crippen molar-refractivity contribution in [1.29, 1.82) is 5.26 Å². The van der Waals surface area contributed by atoms with Gasteiger partial charge >= 0.3 is 0 Å². The van der Waals surface area contributed by atoms with Crippen LogP contribution in [0.3, 0.4) is 0 Å². The van der Waals surface area contributed by atoms with Crippen molar-refractivity contribution in [2.24, 2.45) is 5.73 Å². The van der Waals surface area contributed by atoms with E-state index in [0.717, 1.165) is 18.4 Å². The van der Waals surface area contributed by atoms with Gasteiger partial charge in [-0.25, -0.2) is 0 Å². The monoisotopic (exact) mass is 138 g/mol. The lowest BCUT2D eigenvalue weighted by atomic mass is 10.0. The summed E-state index contributed by atoms with van der Waals surface area (Å²) in [5, 5.41) is 8.57. The standard InChI is InChI=1S/C8H14N2/c1-3-7(4-2)8(5-9)6-10/h3-5,9H2,1-2H3. The van der Waals surface area contributed by atoms with E-state index >= 15 is 0 Å². The lowest BCUT2D eigenvalue weighted by molar-refractivity contribution is 0.941. The highest BCUT2D eigenvalue weighted by atomic mass is 14.5. The van der Waals surface area contributed by atoms with Crippen molar-refractivity contribution in [3.8, 4) is 6.07 Å². The van der Waals surface area contributed by atoms with Gasteiger partial charge in [0.15, 0.2) is 0 Å². The first-order chi connectivity index (χ1) is 4.79. The zero-order valence-corrected chi connectivity index (χ0v) is 6.65. The summed E-state index contributed by atoms with van der Waals surface area (Å²) in [5.41, 5.74) is 7.29. The molecule has 0 aliphatic carbocycles. The summed E-state index contributed by atoms with van der Waals surface area (Å²) >= 11 is 0. The second-order valence-electron chi connectivity index (χ2n) is 2.11. The number of allylic oxidation sites excluding steroid dienone is 1. The van der Waals surface area contributed by atoms with Crippen LogP contribution in [0.25, 0.3) is 0 Å². The van der Waals surface area contributed by atoms with Gasteiger partial charge in [-0.15, -0.1) is 0 Å². The molecule has 56 valence electrons. The summed E-state index contributed by atoms with van der Waals surface area (Å²) in [6.07, 6.45) is 1.88. The van der Waals surface area contributed by atoms with Crippen LogP contribution in [0, 0.1) is 11.3 Å². The van der Waals surface area contributed by atoms with Gasteiger partial charge in [0.1, 0.15) is 0 Å². The van der Waals surface area contributed by atoms with Gasteiger partial charge in [-0.1, -0.05) is 19.4 Å². The van der Waals surface area contributed by atoms with E-state index in [2.05, 4.69) is 6.07 Å². The number of nitrogens with two attached hydrogens (primary N) is 1. The number of hydrogen-bond donors (Lipinski definition) is 1. The topological polar surface area (TPSA) is 49.8 Å². The molecule has 0 aliphatic rings. The van der Waals surface area contributed by atoms with Gasteiger partial charge in [0.2, 0.25) is 0 Å². The van der Waals surface area contributed by atoms with Crippen LogP contribution in [0.1, 0.15) is 26.7 Å². The molecule has 0 heterocycles. The predicted molar refractivity (Wildman–Crippen MR) is 42.3 cm³/mol. The Hall–Kier alpha value is -0.810. The molecule has 2 heteroatoms. The van der Waals surface area contributed by atoms with Gasteiger partial charge in [-0.3, -0.25) is 0 Å². The minimum atomic E-state index is 0.382. The van der Waals surface area contributed by atoms with Crippen molar-refractivity contribution in [3.63, 3.8) is 0 Å². The molecule has 0 atom stereocenters. The first-order valence-electron chi connectivity index (χ1n) is 3.61. The fraction of sp³-hybridized carbons (Fsp3) is 0.625. The molecule has 0 spiro atoms. The summed E-state index contributed by atoms with van der Waals surface area (Å²) in [7, 11) is 0. The number of rotatable bonds is 3. The smallest absolute Gasteiger partial charge is 0.0960 e. The third-order valence-electron chi connectivity index (χ3n) is 1.62. The maximum Gasteiger partial charge on any atom is 0.0960 e. The van der Waals surface area contributed by atoms with Crippen LogP contribution in [-0.4, -0.2) is 6.54 Å². The summed E-state index contributed by atoms with van der Waals surface area (Å²) in [6.45, 7) is 4.48. The Morgan fingerprint density at radius 3 is 2.00 bits per heavy atom. The summed E-state index contributed by atoms with van der Waals surface area (Å²) in [5.74, 6) is 0. The Kier molecular flexibility index (Phi) is 4.61. The molecule has 0 bridgehead atoms. The van der Waals surface area contributed by atoms with Crippen LogP contribution >= 0.6 is 0 Å². The van der Waals surface area contributed by atoms with E-state index < -0.39 is 0 Å². The van der Waals surface area contributed by atoms with Crippen LogP contribution in [-0.2, 0) is 0 Å². The summed E-state index contributed by atoms with van der Waals surface area (Å²) < 4.78 is 0. The van der Waals surface area contributed by atoms with Crippen molar-refractivity contribution in [2.45, 2.75) is 26.7 Å². The second-order valence-corrected chi connectivity index (χ2v) is 2.11. The molecule has 0 amide bonds. The highest BCUT2D eigenvalue weighted by Crippen LogP contribution is 2.10. The van der Waals surface area contributed by atoms with Crippen molar-refractivity contribution >= 4 is 0 Å². The molecular formula is C8H14N2. The molecule has 0 aromatic carbocycles. The van der Waals surface area contributed by atoms with E-state index in [9.17, 15) is 0 Å². The summed E-state index contributed by atoms with van der Waals surface area (Å²) in [6, 6.07) is 2.11. The zero-order valence-electron chi connectivity index (χ0n) is 6.65. The zero-order chi connectivity index (χ0) is 7.98. The molecule has 0 aromatic heterocycles. The molecule has 0 fully saturated rings. The van der Waals surface area contributed by atoms with Crippen LogP contribution in [0.15, 0.2) is 11.1 Å². The number of hydrogen-bond acceptors (Lipinski definition) is 2. The minimum absolute atomic E-state index is 0.382. The quantitative estimate of drug-likeness (QED) is 0.602. The van der Waals surface area contributed by atoms with Crippen LogP contribution in [0.4, 0.5) is 0 Å². The third kappa shape index (κ3) is 2.20. The average Bonchev–Trinajstić information content (AvgIpc) is 2.00. The molecule has 0 radical (unpaired) electrons. The van der Waals surface area contributed by atoms with Crippen LogP contribution in [0.5, 0.6) is 0 Å². The number of nitrogens with zero attached hydrogens (tertiary/aromatic N) is 1. The average molecular weight is 138 g/mol. The molecule has 0 saturated carbocycles. The maximum atomic E-state index is 8.57. The van der Waals surface area contributed by atoms with Gasteiger partial charge in [0.05, 0.1) is 6.07 Å². The lowest BCUT2D eigenvalue weighted by Gasteiger charge is -2.01. The third-order valence-corrected chi connectivity index (χ3v) is 1.62. The Balaban J connectivity index is 4.40. The molecule has 0 rings (SSSR count). The lowest BCUT2D eigenvalue weighted by Crippen LogP contribution is -2.04. The molecule has 2 nitrogen and oxygen atoms in total.